The lowest BCUT2D eigenvalue weighted by molar-refractivity contribution is -0.138. The molecule has 7 heteroatoms. The van der Waals surface area contributed by atoms with E-state index in [1.165, 1.54) is 17.0 Å². The third kappa shape index (κ3) is 5.04. The molecule has 0 saturated heterocycles. The molecule has 1 aliphatic rings. The van der Waals surface area contributed by atoms with Crippen LogP contribution >= 0.6 is 0 Å². The summed E-state index contributed by atoms with van der Waals surface area (Å²) >= 11 is 0. The number of carbonyl (C=O) groups is 1. The second-order valence-corrected chi connectivity index (χ2v) is 9.37. The topological polar surface area (TPSA) is 58.6 Å². The fraction of sp³-hybridized carbons (Fsp3) is 0.233. The number of hydrogen-bond donors (Lipinski definition) is 2. The molecule has 190 valence electrons. The molecule has 0 unspecified atom stereocenters. The molecule has 1 heterocycles. The molecular weight excluding hydrogens is 479 g/mol. The van der Waals surface area contributed by atoms with E-state index in [4.69, 9.17) is 4.74 Å². The molecule has 0 saturated carbocycles. The monoisotopic (exact) mass is 505 g/mol. The van der Waals surface area contributed by atoms with Crippen molar-refractivity contribution in [3.8, 4) is 5.75 Å². The number of benzene rings is 4. The van der Waals surface area contributed by atoms with Crippen LogP contribution in [0.25, 0.3) is 10.8 Å². The summed E-state index contributed by atoms with van der Waals surface area (Å²) in [5.41, 5.74) is 0.629. The highest BCUT2D eigenvalue weighted by Gasteiger charge is 2.37. The zero-order valence-corrected chi connectivity index (χ0v) is 20.1. The Kier molecular flexibility index (Phi) is 6.65. The smallest absolute Gasteiger partial charge is 0.417 e. The van der Waals surface area contributed by atoms with Gasteiger partial charge < -0.3 is 15.2 Å². The standard InChI is InChI=1S/C30H26F3NO3/c1-18(22-11-6-8-19-7-2-3-9-23(19)22)34-17-21-16-25(24-10-4-5-12-28(24)37-21)20-13-14-27(30(31,32)33)26(15-20)29(35)36/h2-15,18,21,25,34H,16-17H2,1H3,(H,35,36)/t18-,21-,25+/m1/s1. The van der Waals surface area contributed by atoms with Gasteiger partial charge in [0.05, 0.1) is 11.1 Å². The molecule has 0 fully saturated rings. The van der Waals surface area contributed by atoms with Gasteiger partial charge in [-0.1, -0.05) is 66.7 Å². The first-order valence-corrected chi connectivity index (χ1v) is 12.1. The predicted molar refractivity (Wildman–Crippen MR) is 136 cm³/mol. The Bertz CT molecular complexity index is 1440. The Hall–Kier alpha value is -3.84. The van der Waals surface area contributed by atoms with E-state index in [1.807, 2.05) is 42.5 Å². The Labute approximate surface area is 212 Å². The van der Waals surface area contributed by atoms with Gasteiger partial charge in [0.25, 0.3) is 0 Å². The summed E-state index contributed by atoms with van der Waals surface area (Å²) < 4.78 is 46.5. The average molecular weight is 506 g/mol. The zero-order chi connectivity index (χ0) is 26.2. The van der Waals surface area contributed by atoms with E-state index in [-0.39, 0.29) is 18.1 Å². The van der Waals surface area contributed by atoms with Crippen molar-refractivity contribution in [2.45, 2.75) is 37.6 Å². The summed E-state index contributed by atoms with van der Waals surface area (Å²) in [7, 11) is 0. The van der Waals surface area contributed by atoms with E-state index in [9.17, 15) is 23.1 Å². The SMILES string of the molecule is C[C@@H](NC[C@H]1C[C@@H](c2ccc(C(F)(F)F)c(C(=O)O)c2)c2ccccc2O1)c1cccc2ccccc12. The van der Waals surface area contributed by atoms with Gasteiger partial charge in [0.2, 0.25) is 0 Å². The Morgan fingerprint density at radius 3 is 2.54 bits per heavy atom. The first-order chi connectivity index (χ1) is 17.7. The van der Waals surface area contributed by atoms with Crippen molar-refractivity contribution in [1.29, 1.82) is 0 Å². The van der Waals surface area contributed by atoms with Crippen molar-refractivity contribution in [2.75, 3.05) is 6.54 Å². The van der Waals surface area contributed by atoms with E-state index in [1.54, 1.807) is 0 Å². The molecule has 0 aromatic heterocycles. The van der Waals surface area contributed by atoms with Crippen LogP contribution < -0.4 is 10.1 Å². The maximum absolute atomic E-state index is 13.4. The van der Waals surface area contributed by atoms with Gasteiger partial charge in [-0.15, -0.1) is 0 Å². The number of halogens is 3. The highest BCUT2D eigenvalue weighted by atomic mass is 19.4. The molecule has 0 radical (unpaired) electrons. The van der Waals surface area contributed by atoms with Crippen LogP contribution in [0.15, 0.2) is 84.9 Å². The highest BCUT2D eigenvalue weighted by Crippen LogP contribution is 2.42. The van der Waals surface area contributed by atoms with Gasteiger partial charge in [0.15, 0.2) is 0 Å². The Balaban J connectivity index is 1.41. The van der Waals surface area contributed by atoms with Crippen molar-refractivity contribution >= 4 is 16.7 Å². The van der Waals surface area contributed by atoms with Gasteiger partial charge in [0, 0.05) is 24.1 Å². The number of fused-ring (bicyclic) bond motifs is 2. The molecule has 4 nitrogen and oxygen atoms in total. The maximum atomic E-state index is 13.4. The van der Waals surface area contributed by atoms with Gasteiger partial charge in [0.1, 0.15) is 11.9 Å². The molecule has 3 atom stereocenters. The summed E-state index contributed by atoms with van der Waals surface area (Å²) in [5, 5.41) is 15.4. The number of para-hydroxylation sites is 1. The molecule has 2 N–H and O–H groups in total. The van der Waals surface area contributed by atoms with E-state index >= 15 is 0 Å². The highest BCUT2D eigenvalue weighted by molar-refractivity contribution is 5.90. The fourth-order valence-electron chi connectivity index (χ4n) is 5.18. The van der Waals surface area contributed by atoms with Crippen LogP contribution in [0.5, 0.6) is 5.75 Å². The molecule has 0 amide bonds. The number of hydrogen-bond acceptors (Lipinski definition) is 3. The van der Waals surface area contributed by atoms with E-state index < -0.39 is 23.3 Å². The van der Waals surface area contributed by atoms with Gasteiger partial charge in [-0.05, 0) is 53.4 Å². The van der Waals surface area contributed by atoms with Gasteiger partial charge >= 0.3 is 12.1 Å². The Morgan fingerprint density at radius 2 is 1.76 bits per heavy atom. The lowest BCUT2D eigenvalue weighted by Crippen LogP contribution is -2.37. The minimum Gasteiger partial charge on any atom is -0.489 e. The minimum absolute atomic E-state index is 0.0370. The number of aromatic carboxylic acids is 1. The van der Waals surface area contributed by atoms with Crippen LogP contribution in [0.3, 0.4) is 0 Å². The van der Waals surface area contributed by atoms with Gasteiger partial charge in [-0.25, -0.2) is 4.79 Å². The molecule has 0 aliphatic carbocycles. The van der Waals surface area contributed by atoms with Crippen molar-refractivity contribution in [3.63, 3.8) is 0 Å². The maximum Gasteiger partial charge on any atom is 0.417 e. The number of alkyl halides is 3. The second kappa shape index (κ2) is 9.90. The van der Waals surface area contributed by atoms with Gasteiger partial charge in [-0.2, -0.15) is 13.2 Å². The quantitative estimate of drug-likeness (QED) is 0.291. The molecular formula is C30H26F3NO3. The van der Waals surface area contributed by atoms with Crippen LogP contribution in [-0.4, -0.2) is 23.7 Å². The number of rotatable bonds is 6. The molecule has 0 spiro atoms. The van der Waals surface area contributed by atoms with Crippen LogP contribution in [0.2, 0.25) is 0 Å². The number of carboxylic acid groups (broad SMARTS) is 1. The molecule has 4 aromatic carbocycles. The third-order valence-corrected chi connectivity index (χ3v) is 7.01. The predicted octanol–water partition coefficient (Wildman–Crippen LogP) is 7.19. The lowest BCUT2D eigenvalue weighted by Gasteiger charge is -2.33. The number of carboxylic acids is 1. The summed E-state index contributed by atoms with van der Waals surface area (Å²) in [5.74, 6) is -1.25. The second-order valence-electron chi connectivity index (χ2n) is 9.37. The van der Waals surface area contributed by atoms with Crippen LogP contribution in [0.4, 0.5) is 13.2 Å². The van der Waals surface area contributed by atoms with Crippen LogP contribution in [0, 0.1) is 0 Å². The van der Waals surface area contributed by atoms with Gasteiger partial charge in [-0.3, -0.25) is 0 Å². The van der Waals surface area contributed by atoms with E-state index in [0.29, 0.717) is 24.3 Å². The zero-order valence-electron chi connectivity index (χ0n) is 20.1. The molecule has 5 rings (SSSR count). The first kappa shape index (κ1) is 24.8. The summed E-state index contributed by atoms with van der Waals surface area (Å²) in [6.07, 6.45) is -4.51. The average Bonchev–Trinajstić information content (AvgIpc) is 2.90. The Morgan fingerprint density at radius 1 is 1.03 bits per heavy atom. The lowest BCUT2D eigenvalue weighted by atomic mass is 9.83. The molecule has 37 heavy (non-hydrogen) atoms. The third-order valence-electron chi connectivity index (χ3n) is 7.01. The summed E-state index contributed by atoms with van der Waals surface area (Å²) in [6.45, 7) is 2.60. The summed E-state index contributed by atoms with van der Waals surface area (Å²) in [6, 6.07) is 25.2. The van der Waals surface area contributed by atoms with Crippen LogP contribution in [0.1, 0.15) is 57.9 Å². The van der Waals surface area contributed by atoms with Crippen molar-refractivity contribution < 1.29 is 27.8 Å². The summed E-state index contributed by atoms with van der Waals surface area (Å²) in [4.78, 5) is 11.7. The van der Waals surface area contributed by atoms with E-state index in [2.05, 4.69) is 36.5 Å². The minimum atomic E-state index is -4.75. The largest absolute Gasteiger partial charge is 0.489 e. The number of ether oxygens (including phenoxy) is 1. The fourth-order valence-corrected chi connectivity index (χ4v) is 5.18. The number of nitrogens with one attached hydrogen (secondary N) is 1. The van der Waals surface area contributed by atoms with Crippen LogP contribution in [-0.2, 0) is 6.18 Å². The van der Waals surface area contributed by atoms with Crippen molar-refractivity contribution in [2.24, 2.45) is 0 Å². The molecule has 4 aromatic rings. The van der Waals surface area contributed by atoms with Crippen molar-refractivity contribution in [3.05, 3.63) is 113 Å². The normalized spacial score (nSPS) is 18.2. The van der Waals surface area contributed by atoms with Crippen molar-refractivity contribution in [1.82, 2.24) is 5.32 Å². The van der Waals surface area contributed by atoms with E-state index in [0.717, 1.165) is 23.1 Å². The first-order valence-electron chi connectivity index (χ1n) is 12.1. The molecule has 1 aliphatic heterocycles. The molecule has 0 bridgehead atoms.